The van der Waals surface area contributed by atoms with Crippen LogP contribution in [-0.2, 0) is 10.2 Å². The fourth-order valence-corrected chi connectivity index (χ4v) is 4.10. The molecule has 1 heterocycles. The van der Waals surface area contributed by atoms with Crippen molar-refractivity contribution >= 4 is 10.2 Å². The molecule has 1 N–H and O–H groups in total. The Morgan fingerprint density at radius 3 is 2.74 bits per heavy atom. The van der Waals surface area contributed by atoms with Gasteiger partial charge in [-0.25, -0.2) is 0 Å². The van der Waals surface area contributed by atoms with Crippen molar-refractivity contribution in [2.75, 3.05) is 26.7 Å². The lowest BCUT2D eigenvalue weighted by molar-refractivity contribution is 0.232. The lowest BCUT2D eigenvalue weighted by atomic mass is 10.1. The van der Waals surface area contributed by atoms with Crippen LogP contribution in [0.5, 0.6) is 0 Å². The number of nitrogens with one attached hydrogen (secondary N) is 1. The van der Waals surface area contributed by atoms with Crippen LogP contribution in [-0.4, -0.2) is 55.8 Å². The first-order valence-electron chi connectivity index (χ1n) is 7.13. The summed E-state index contributed by atoms with van der Waals surface area (Å²) in [6.45, 7) is 5.40. The standard InChI is InChI=1S/C13H25N3O2S/c1-3-9-15(2)19(17,18)16-10-5-4-6-13(16)11-14-12-7-8-12/h3,12-14H,1,4-11H2,2H3. The Labute approximate surface area is 116 Å². The highest BCUT2D eigenvalue weighted by atomic mass is 32.2. The van der Waals surface area contributed by atoms with Gasteiger partial charge >= 0.3 is 0 Å². The minimum absolute atomic E-state index is 0.103. The predicted molar refractivity (Wildman–Crippen MR) is 77.1 cm³/mol. The van der Waals surface area contributed by atoms with E-state index in [0.29, 0.717) is 19.1 Å². The van der Waals surface area contributed by atoms with Crippen molar-refractivity contribution in [1.29, 1.82) is 0 Å². The average Bonchev–Trinajstić information content (AvgIpc) is 3.21. The molecule has 1 saturated heterocycles. The van der Waals surface area contributed by atoms with Gasteiger partial charge in [0.25, 0.3) is 10.2 Å². The second-order valence-electron chi connectivity index (χ2n) is 5.52. The van der Waals surface area contributed by atoms with Crippen LogP contribution >= 0.6 is 0 Å². The molecule has 1 saturated carbocycles. The molecule has 0 aromatic rings. The molecule has 110 valence electrons. The van der Waals surface area contributed by atoms with Crippen LogP contribution < -0.4 is 5.32 Å². The molecular weight excluding hydrogens is 262 g/mol. The van der Waals surface area contributed by atoms with Crippen LogP contribution in [0.4, 0.5) is 0 Å². The topological polar surface area (TPSA) is 52.7 Å². The van der Waals surface area contributed by atoms with Crippen molar-refractivity contribution in [3.63, 3.8) is 0 Å². The number of likely N-dealkylation sites (N-methyl/N-ethyl adjacent to an activating group) is 1. The van der Waals surface area contributed by atoms with Gasteiger partial charge in [0.15, 0.2) is 0 Å². The third-order valence-electron chi connectivity index (χ3n) is 3.87. The summed E-state index contributed by atoms with van der Waals surface area (Å²) in [5.41, 5.74) is 0. The first-order chi connectivity index (χ1) is 9.05. The van der Waals surface area contributed by atoms with Crippen molar-refractivity contribution in [3.05, 3.63) is 12.7 Å². The van der Waals surface area contributed by atoms with E-state index in [1.165, 1.54) is 17.1 Å². The van der Waals surface area contributed by atoms with E-state index in [0.717, 1.165) is 25.8 Å². The summed E-state index contributed by atoms with van der Waals surface area (Å²) < 4.78 is 28.1. The third-order valence-corrected chi connectivity index (χ3v) is 5.88. The van der Waals surface area contributed by atoms with Crippen LogP contribution in [0.25, 0.3) is 0 Å². The predicted octanol–water partition coefficient (Wildman–Crippen LogP) is 0.956. The van der Waals surface area contributed by atoms with Gasteiger partial charge < -0.3 is 5.32 Å². The maximum Gasteiger partial charge on any atom is 0.282 e. The van der Waals surface area contributed by atoms with E-state index in [9.17, 15) is 8.42 Å². The van der Waals surface area contributed by atoms with Crippen molar-refractivity contribution in [2.45, 2.75) is 44.2 Å². The molecular formula is C13H25N3O2S. The van der Waals surface area contributed by atoms with Crippen LogP contribution in [0.2, 0.25) is 0 Å². The van der Waals surface area contributed by atoms with Crippen molar-refractivity contribution < 1.29 is 8.42 Å². The molecule has 0 amide bonds. The lowest BCUT2D eigenvalue weighted by Crippen LogP contribution is -2.52. The number of nitrogens with zero attached hydrogens (tertiary/aromatic N) is 2. The van der Waals surface area contributed by atoms with Crippen LogP contribution in [0.1, 0.15) is 32.1 Å². The summed E-state index contributed by atoms with van der Waals surface area (Å²) in [4.78, 5) is 0. The third kappa shape index (κ3) is 3.78. The molecule has 2 aliphatic rings. The van der Waals surface area contributed by atoms with E-state index < -0.39 is 10.2 Å². The van der Waals surface area contributed by atoms with Gasteiger partial charge in [-0.1, -0.05) is 12.5 Å². The van der Waals surface area contributed by atoms with Gasteiger partial charge in [-0.15, -0.1) is 6.58 Å². The first-order valence-corrected chi connectivity index (χ1v) is 8.53. The second-order valence-corrected chi connectivity index (χ2v) is 7.51. The highest BCUT2D eigenvalue weighted by molar-refractivity contribution is 7.86. The highest BCUT2D eigenvalue weighted by Crippen LogP contribution is 2.24. The quantitative estimate of drug-likeness (QED) is 0.710. The molecule has 1 aliphatic carbocycles. The maximum absolute atomic E-state index is 12.5. The fourth-order valence-electron chi connectivity index (χ4n) is 2.53. The van der Waals surface area contributed by atoms with E-state index >= 15 is 0 Å². The summed E-state index contributed by atoms with van der Waals surface area (Å²) in [7, 11) is -1.72. The number of hydrogen-bond donors (Lipinski definition) is 1. The Balaban J connectivity index is 2.01. The van der Waals surface area contributed by atoms with Crippen molar-refractivity contribution in [1.82, 2.24) is 13.9 Å². The van der Waals surface area contributed by atoms with Crippen molar-refractivity contribution in [2.24, 2.45) is 0 Å². The summed E-state index contributed by atoms with van der Waals surface area (Å²) in [5, 5.41) is 3.45. The second kappa shape index (κ2) is 6.35. The first kappa shape index (κ1) is 15.0. The van der Waals surface area contributed by atoms with Gasteiger partial charge in [-0.05, 0) is 25.7 Å². The minimum Gasteiger partial charge on any atom is -0.312 e. The number of hydrogen-bond acceptors (Lipinski definition) is 3. The molecule has 19 heavy (non-hydrogen) atoms. The Bertz CT molecular complexity index is 406. The Hall–Kier alpha value is -0.430. The van der Waals surface area contributed by atoms with Crippen LogP contribution in [0.15, 0.2) is 12.7 Å². The molecule has 1 unspecified atom stereocenters. The molecule has 1 atom stereocenters. The molecule has 0 aromatic carbocycles. The summed E-state index contributed by atoms with van der Waals surface area (Å²) in [6, 6.07) is 0.726. The molecule has 0 bridgehead atoms. The Morgan fingerprint density at radius 2 is 2.11 bits per heavy atom. The van der Waals surface area contributed by atoms with E-state index in [1.54, 1.807) is 17.4 Å². The largest absolute Gasteiger partial charge is 0.312 e. The molecule has 0 aromatic heterocycles. The normalized spacial score (nSPS) is 25.7. The van der Waals surface area contributed by atoms with E-state index in [4.69, 9.17) is 0 Å². The Morgan fingerprint density at radius 1 is 1.37 bits per heavy atom. The SMILES string of the molecule is C=CCN(C)S(=O)(=O)N1CCCCC1CNC1CC1. The monoisotopic (exact) mass is 287 g/mol. The van der Waals surface area contributed by atoms with Gasteiger partial charge in [0.2, 0.25) is 0 Å². The Kier molecular flexibility index (Phi) is 5.00. The minimum atomic E-state index is -3.35. The van der Waals surface area contributed by atoms with Crippen LogP contribution in [0.3, 0.4) is 0 Å². The van der Waals surface area contributed by atoms with E-state index in [2.05, 4.69) is 11.9 Å². The lowest BCUT2D eigenvalue weighted by Gasteiger charge is -2.37. The van der Waals surface area contributed by atoms with Crippen LogP contribution in [0, 0.1) is 0 Å². The molecule has 2 fully saturated rings. The molecule has 0 spiro atoms. The van der Waals surface area contributed by atoms with Gasteiger partial charge in [-0.2, -0.15) is 17.0 Å². The fraction of sp³-hybridized carbons (Fsp3) is 0.846. The van der Waals surface area contributed by atoms with Gasteiger partial charge in [0.1, 0.15) is 0 Å². The van der Waals surface area contributed by atoms with Gasteiger partial charge in [0.05, 0.1) is 0 Å². The highest BCUT2D eigenvalue weighted by Gasteiger charge is 2.35. The average molecular weight is 287 g/mol. The van der Waals surface area contributed by atoms with E-state index in [1.807, 2.05) is 0 Å². The zero-order chi connectivity index (χ0) is 13.9. The summed E-state index contributed by atoms with van der Waals surface area (Å²) >= 11 is 0. The number of rotatable bonds is 7. The zero-order valence-corrected chi connectivity index (χ0v) is 12.5. The number of piperidine rings is 1. The molecule has 6 heteroatoms. The molecule has 5 nitrogen and oxygen atoms in total. The zero-order valence-electron chi connectivity index (χ0n) is 11.7. The van der Waals surface area contributed by atoms with Gasteiger partial charge in [-0.3, -0.25) is 0 Å². The molecule has 0 radical (unpaired) electrons. The maximum atomic E-state index is 12.5. The van der Waals surface area contributed by atoms with Crippen molar-refractivity contribution in [3.8, 4) is 0 Å². The molecule has 2 rings (SSSR count). The summed E-state index contributed by atoms with van der Waals surface area (Å²) in [6.07, 6.45) is 7.13. The van der Waals surface area contributed by atoms with E-state index in [-0.39, 0.29) is 6.04 Å². The summed E-state index contributed by atoms with van der Waals surface area (Å²) in [5.74, 6) is 0. The molecule has 1 aliphatic heterocycles. The smallest absolute Gasteiger partial charge is 0.282 e. The van der Waals surface area contributed by atoms with Gasteiger partial charge in [0, 0.05) is 38.8 Å².